The molecule has 7 rings (SSSR count). The molecule has 0 aliphatic heterocycles. The molecule has 0 spiro atoms. The highest BCUT2D eigenvalue weighted by Gasteiger charge is 2.12. The van der Waals surface area contributed by atoms with Gasteiger partial charge in [-0.05, 0) is 76.5 Å². The molecule has 0 fully saturated rings. The molecule has 1 aromatic heterocycles. The summed E-state index contributed by atoms with van der Waals surface area (Å²) in [4.78, 5) is 0. The van der Waals surface area contributed by atoms with E-state index in [1.807, 2.05) is 11.2 Å². The molecule has 6 aromatic carbocycles. The molecule has 0 saturated heterocycles. The van der Waals surface area contributed by atoms with Gasteiger partial charge in [0.05, 0.1) is 17.6 Å². The highest BCUT2D eigenvalue weighted by molar-refractivity contribution is 6.09. The van der Waals surface area contributed by atoms with Crippen molar-refractivity contribution in [1.29, 1.82) is 0 Å². The van der Waals surface area contributed by atoms with E-state index in [4.69, 9.17) is 5.10 Å². The molecular weight excluding hydrogens is 462 g/mol. The summed E-state index contributed by atoms with van der Waals surface area (Å²) in [6.07, 6.45) is 1.97. The third kappa shape index (κ3) is 3.80. The predicted octanol–water partition coefficient (Wildman–Crippen LogP) is 9.29. The van der Waals surface area contributed by atoms with Crippen LogP contribution in [0.4, 0.5) is 11.4 Å². The number of para-hydroxylation sites is 1. The van der Waals surface area contributed by atoms with Crippen LogP contribution in [0.5, 0.6) is 0 Å². The van der Waals surface area contributed by atoms with Gasteiger partial charge in [-0.1, -0.05) is 84.9 Å². The molecular formula is C35H27N3. The van der Waals surface area contributed by atoms with E-state index >= 15 is 0 Å². The van der Waals surface area contributed by atoms with Crippen molar-refractivity contribution < 1.29 is 0 Å². The predicted molar refractivity (Wildman–Crippen MR) is 163 cm³/mol. The van der Waals surface area contributed by atoms with E-state index in [-0.39, 0.29) is 0 Å². The number of fused-ring (bicyclic) bond motifs is 5. The van der Waals surface area contributed by atoms with Crippen LogP contribution in [0.3, 0.4) is 0 Å². The number of aryl methyl sites for hydroxylation is 1. The minimum Gasteiger partial charge on any atom is -0.341 e. The first-order valence-corrected chi connectivity index (χ1v) is 13.1. The summed E-state index contributed by atoms with van der Waals surface area (Å²) in [5.74, 6) is 0. The van der Waals surface area contributed by atoms with E-state index in [0.717, 1.165) is 23.5 Å². The molecule has 0 bridgehead atoms. The van der Waals surface area contributed by atoms with Crippen molar-refractivity contribution in [2.75, 3.05) is 5.01 Å². The SMILES string of the molecule is CCn1c2ccccc2c2cc(/C=N/N(c3ccc4ccccc4c3)c3ccc4ccccc4c3)ccc21. The minimum atomic E-state index is 0.940. The number of nitrogens with zero attached hydrogens (tertiary/aromatic N) is 3. The summed E-state index contributed by atoms with van der Waals surface area (Å²) < 4.78 is 2.38. The highest BCUT2D eigenvalue weighted by atomic mass is 15.5. The molecule has 7 aromatic rings. The zero-order valence-electron chi connectivity index (χ0n) is 21.3. The number of hydrazone groups is 1. The number of hydrogen-bond donors (Lipinski definition) is 0. The van der Waals surface area contributed by atoms with Gasteiger partial charge in [-0.15, -0.1) is 0 Å². The molecule has 0 atom stereocenters. The van der Waals surface area contributed by atoms with Crippen LogP contribution in [0.1, 0.15) is 12.5 Å². The lowest BCUT2D eigenvalue weighted by Crippen LogP contribution is -2.09. The number of rotatable bonds is 5. The van der Waals surface area contributed by atoms with Gasteiger partial charge in [0, 0.05) is 28.4 Å². The third-order valence-electron chi connectivity index (χ3n) is 7.39. The third-order valence-corrected chi connectivity index (χ3v) is 7.39. The molecule has 0 saturated carbocycles. The average molecular weight is 490 g/mol. The van der Waals surface area contributed by atoms with E-state index in [9.17, 15) is 0 Å². The largest absolute Gasteiger partial charge is 0.341 e. The Hall–Kier alpha value is -4.89. The van der Waals surface area contributed by atoms with Crippen LogP contribution in [0.25, 0.3) is 43.4 Å². The van der Waals surface area contributed by atoms with Crippen LogP contribution in [0.15, 0.2) is 132 Å². The summed E-state index contributed by atoms with van der Waals surface area (Å²) in [6, 6.07) is 45.2. The van der Waals surface area contributed by atoms with Crippen LogP contribution < -0.4 is 5.01 Å². The van der Waals surface area contributed by atoms with Crippen LogP contribution in [0.2, 0.25) is 0 Å². The van der Waals surface area contributed by atoms with Gasteiger partial charge in [-0.3, -0.25) is 0 Å². The van der Waals surface area contributed by atoms with Crippen molar-refractivity contribution in [3.05, 3.63) is 133 Å². The number of anilines is 2. The average Bonchev–Trinajstić information content (AvgIpc) is 3.30. The van der Waals surface area contributed by atoms with E-state index in [1.165, 1.54) is 43.4 Å². The number of benzene rings is 6. The van der Waals surface area contributed by atoms with E-state index in [0.29, 0.717) is 0 Å². The Labute approximate surface area is 221 Å². The minimum absolute atomic E-state index is 0.940. The topological polar surface area (TPSA) is 20.5 Å². The normalized spacial score (nSPS) is 11.8. The Kier molecular flexibility index (Phi) is 5.41. The monoisotopic (exact) mass is 489 g/mol. The Balaban J connectivity index is 1.36. The lowest BCUT2D eigenvalue weighted by Gasteiger charge is -2.20. The molecule has 0 aliphatic carbocycles. The molecule has 0 amide bonds. The van der Waals surface area contributed by atoms with Gasteiger partial charge in [-0.2, -0.15) is 5.10 Å². The van der Waals surface area contributed by atoms with Gasteiger partial charge in [0.1, 0.15) is 0 Å². The van der Waals surface area contributed by atoms with Crippen LogP contribution in [-0.4, -0.2) is 10.8 Å². The van der Waals surface area contributed by atoms with Gasteiger partial charge in [-0.25, -0.2) is 5.01 Å². The van der Waals surface area contributed by atoms with Crippen molar-refractivity contribution in [2.45, 2.75) is 13.5 Å². The summed E-state index contributed by atoms with van der Waals surface area (Å²) >= 11 is 0. The van der Waals surface area contributed by atoms with E-state index < -0.39 is 0 Å². The second-order valence-corrected chi connectivity index (χ2v) is 9.66. The Morgan fingerprint density at radius 3 is 1.82 bits per heavy atom. The molecule has 38 heavy (non-hydrogen) atoms. The molecule has 1 heterocycles. The number of hydrogen-bond acceptors (Lipinski definition) is 2. The Morgan fingerprint density at radius 2 is 1.16 bits per heavy atom. The molecule has 182 valence electrons. The lowest BCUT2D eigenvalue weighted by atomic mass is 10.1. The quantitative estimate of drug-likeness (QED) is 0.174. The zero-order chi connectivity index (χ0) is 25.5. The van der Waals surface area contributed by atoms with Crippen LogP contribution in [-0.2, 0) is 6.54 Å². The molecule has 3 heteroatoms. The maximum absolute atomic E-state index is 5.06. The fourth-order valence-electron chi connectivity index (χ4n) is 5.52. The smallest absolute Gasteiger partial charge is 0.0659 e. The van der Waals surface area contributed by atoms with Gasteiger partial charge >= 0.3 is 0 Å². The molecule has 0 unspecified atom stereocenters. The second kappa shape index (κ2) is 9.20. The van der Waals surface area contributed by atoms with Crippen molar-refractivity contribution in [3.8, 4) is 0 Å². The van der Waals surface area contributed by atoms with E-state index in [1.54, 1.807) is 0 Å². The molecule has 3 nitrogen and oxygen atoms in total. The van der Waals surface area contributed by atoms with Gasteiger partial charge in [0.2, 0.25) is 0 Å². The van der Waals surface area contributed by atoms with Crippen molar-refractivity contribution in [1.82, 2.24) is 4.57 Å². The Bertz CT molecular complexity index is 1900. The highest BCUT2D eigenvalue weighted by Crippen LogP contribution is 2.32. The van der Waals surface area contributed by atoms with Crippen LogP contribution >= 0.6 is 0 Å². The standard InChI is InChI=1S/C35H27N3/c1-2-37-34-14-8-7-13-32(34)33-21-25(15-20-35(33)37)24-36-38(30-18-16-26-9-3-5-11-28(26)22-30)31-19-17-27-10-4-6-12-29(27)23-31/h3-24H,2H2,1H3/b36-24+. The van der Waals surface area contributed by atoms with Crippen LogP contribution in [0, 0.1) is 0 Å². The molecule has 0 N–H and O–H groups in total. The fourth-order valence-corrected chi connectivity index (χ4v) is 5.52. The zero-order valence-corrected chi connectivity index (χ0v) is 21.3. The first kappa shape index (κ1) is 22.3. The van der Waals surface area contributed by atoms with Crippen molar-refractivity contribution >= 4 is 60.9 Å². The maximum atomic E-state index is 5.06. The number of aromatic nitrogens is 1. The molecule has 0 radical (unpaired) electrons. The van der Waals surface area contributed by atoms with E-state index in [2.05, 4.69) is 139 Å². The van der Waals surface area contributed by atoms with Crippen molar-refractivity contribution in [3.63, 3.8) is 0 Å². The van der Waals surface area contributed by atoms with Crippen molar-refractivity contribution in [2.24, 2.45) is 5.10 Å². The second-order valence-electron chi connectivity index (χ2n) is 9.66. The summed E-state index contributed by atoms with van der Waals surface area (Å²) in [6.45, 7) is 3.14. The molecule has 0 aliphatic rings. The van der Waals surface area contributed by atoms with Gasteiger partial charge < -0.3 is 4.57 Å². The maximum Gasteiger partial charge on any atom is 0.0659 e. The summed E-state index contributed by atoms with van der Waals surface area (Å²) in [5, 5.41) is 14.5. The fraction of sp³-hybridized carbons (Fsp3) is 0.0571. The summed E-state index contributed by atoms with van der Waals surface area (Å²) in [5.41, 5.74) is 5.65. The Morgan fingerprint density at radius 1 is 0.579 bits per heavy atom. The lowest BCUT2D eigenvalue weighted by molar-refractivity contribution is 0.827. The van der Waals surface area contributed by atoms with Gasteiger partial charge in [0.25, 0.3) is 0 Å². The first-order valence-electron chi connectivity index (χ1n) is 13.1. The summed E-state index contributed by atoms with van der Waals surface area (Å²) in [7, 11) is 0. The first-order chi connectivity index (χ1) is 18.8. The van der Waals surface area contributed by atoms with Gasteiger partial charge in [0.15, 0.2) is 0 Å².